The average Bonchev–Trinajstić information content (AvgIpc) is 3.19. The Labute approximate surface area is 151 Å². The van der Waals surface area contributed by atoms with E-state index in [-0.39, 0.29) is 17.4 Å². The zero-order valence-corrected chi connectivity index (χ0v) is 15.6. The number of aromatic nitrogens is 4. The van der Waals surface area contributed by atoms with E-state index in [1.165, 1.54) is 6.07 Å². The van der Waals surface area contributed by atoms with Gasteiger partial charge in [-0.25, -0.2) is 0 Å². The molecule has 9 nitrogen and oxygen atoms in total. The summed E-state index contributed by atoms with van der Waals surface area (Å²) in [6.45, 7) is 2.15. The van der Waals surface area contributed by atoms with Crippen molar-refractivity contribution in [3.05, 3.63) is 33.8 Å². The highest BCUT2D eigenvalue weighted by Gasteiger charge is 2.28. The number of nitrogens with one attached hydrogen (secondary N) is 1. The lowest BCUT2D eigenvalue weighted by atomic mass is 9.96. The number of hydrogen-bond donors (Lipinski definition) is 1. The number of amides is 1. The van der Waals surface area contributed by atoms with Gasteiger partial charge in [-0.05, 0) is 26.9 Å². The van der Waals surface area contributed by atoms with E-state index in [0.717, 1.165) is 37.6 Å². The highest BCUT2D eigenvalue weighted by molar-refractivity contribution is 5.76. The van der Waals surface area contributed by atoms with E-state index in [1.54, 1.807) is 0 Å². The molecule has 2 aromatic rings. The Morgan fingerprint density at radius 1 is 1.42 bits per heavy atom. The maximum absolute atomic E-state index is 12.5. The number of nitrogens with zero attached hydrogens (tertiary/aromatic N) is 5. The molecule has 0 aromatic carbocycles. The van der Waals surface area contributed by atoms with Gasteiger partial charge in [0, 0.05) is 45.0 Å². The molecule has 1 atom stereocenters. The summed E-state index contributed by atoms with van der Waals surface area (Å²) in [6, 6.07) is 1.39. The number of aryl methyl sites for hydroxylation is 1. The number of carbonyl (C=O) groups excluding carboxylic acids is 1. The topological polar surface area (TPSA) is 100 Å². The number of likely N-dealkylation sites (tertiary alicyclic amines) is 1. The molecule has 1 aliphatic heterocycles. The van der Waals surface area contributed by atoms with Crippen molar-refractivity contribution in [1.82, 2.24) is 29.7 Å². The first-order valence-corrected chi connectivity index (χ1v) is 8.92. The highest BCUT2D eigenvalue weighted by atomic mass is 16.5. The summed E-state index contributed by atoms with van der Waals surface area (Å²) in [6.07, 6.45) is 2.71. The second-order valence-electron chi connectivity index (χ2n) is 7.13. The van der Waals surface area contributed by atoms with Gasteiger partial charge >= 0.3 is 0 Å². The van der Waals surface area contributed by atoms with Gasteiger partial charge in [0.1, 0.15) is 17.4 Å². The number of rotatable bonds is 6. The van der Waals surface area contributed by atoms with Crippen LogP contribution in [0, 0.1) is 0 Å². The summed E-state index contributed by atoms with van der Waals surface area (Å²) in [4.78, 5) is 27.6. The van der Waals surface area contributed by atoms with Crippen LogP contribution in [0.15, 0.2) is 15.4 Å². The van der Waals surface area contributed by atoms with Crippen LogP contribution in [0.1, 0.15) is 42.6 Å². The molecule has 9 heteroatoms. The summed E-state index contributed by atoms with van der Waals surface area (Å²) in [5, 5.41) is 10.9. The van der Waals surface area contributed by atoms with Crippen molar-refractivity contribution in [2.45, 2.75) is 38.1 Å². The Bertz CT molecular complexity index is 806. The summed E-state index contributed by atoms with van der Waals surface area (Å²) in [7, 11) is 5.99. The number of H-pyrrole nitrogens is 1. The van der Waals surface area contributed by atoms with E-state index >= 15 is 0 Å². The first-order valence-electron chi connectivity index (χ1n) is 8.92. The van der Waals surface area contributed by atoms with E-state index in [9.17, 15) is 9.59 Å². The fraction of sp³-hybridized carbons (Fsp3) is 0.647. The van der Waals surface area contributed by atoms with E-state index in [0.29, 0.717) is 25.1 Å². The highest BCUT2D eigenvalue weighted by Crippen LogP contribution is 2.26. The second kappa shape index (κ2) is 7.86. The zero-order chi connectivity index (χ0) is 18.7. The van der Waals surface area contributed by atoms with Gasteiger partial charge in [-0.2, -0.15) is 5.16 Å². The van der Waals surface area contributed by atoms with E-state index in [2.05, 4.69) is 20.3 Å². The molecule has 3 rings (SSSR count). The third kappa shape index (κ3) is 4.21. The summed E-state index contributed by atoms with van der Waals surface area (Å²) in [5.74, 6) is 2.66. The van der Waals surface area contributed by atoms with Gasteiger partial charge in [0.15, 0.2) is 0 Å². The standard InChI is InChI=1S/C17H26N6O3/c1-21(2)11-14-18-19-17(22(14)3)12-5-4-8-23(10-12)16(25)7-6-13-9-15(24)20-26-13/h9,12H,4-8,10-11H2,1-3H3,(H,20,24)/t12-/m1/s1. The van der Waals surface area contributed by atoms with E-state index < -0.39 is 0 Å². The molecule has 3 heterocycles. The molecule has 0 radical (unpaired) electrons. The van der Waals surface area contributed by atoms with Gasteiger partial charge in [-0.1, -0.05) is 0 Å². The van der Waals surface area contributed by atoms with Gasteiger partial charge in [0.2, 0.25) is 5.91 Å². The minimum atomic E-state index is -0.277. The number of carbonyl (C=O) groups is 1. The molecule has 1 aliphatic rings. The lowest BCUT2D eigenvalue weighted by Gasteiger charge is -2.32. The fourth-order valence-corrected chi connectivity index (χ4v) is 3.40. The van der Waals surface area contributed by atoms with Crippen molar-refractivity contribution in [3.63, 3.8) is 0 Å². The van der Waals surface area contributed by atoms with Crippen molar-refractivity contribution >= 4 is 5.91 Å². The smallest absolute Gasteiger partial charge is 0.280 e. The quantitative estimate of drug-likeness (QED) is 0.803. The molecule has 1 fully saturated rings. The van der Waals surface area contributed by atoms with Crippen LogP contribution in [0.25, 0.3) is 0 Å². The van der Waals surface area contributed by atoms with Crippen molar-refractivity contribution < 1.29 is 9.32 Å². The molecular weight excluding hydrogens is 336 g/mol. The molecule has 0 bridgehead atoms. The molecule has 2 aromatic heterocycles. The lowest BCUT2D eigenvalue weighted by molar-refractivity contribution is -0.132. The zero-order valence-electron chi connectivity index (χ0n) is 15.6. The predicted molar refractivity (Wildman–Crippen MR) is 94.6 cm³/mol. The molecule has 0 saturated carbocycles. The van der Waals surface area contributed by atoms with Gasteiger partial charge in [-0.15, -0.1) is 10.2 Å². The maximum Gasteiger partial charge on any atom is 0.280 e. The Balaban J connectivity index is 1.61. The Morgan fingerprint density at radius 3 is 2.92 bits per heavy atom. The second-order valence-corrected chi connectivity index (χ2v) is 7.13. The summed E-state index contributed by atoms with van der Waals surface area (Å²) < 4.78 is 7.06. The van der Waals surface area contributed by atoms with Crippen molar-refractivity contribution in [1.29, 1.82) is 0 Å². The summed E-state index contributed by atoms with van der Waals surface area (Å²) >= 11 is 0. The molecule has 1 amide bonds. The summed E-state index contributed by atoms with van der Waals surface area (Å²) in [5.41, 5.74) is -0.277. The normalized spacial score (nSPS) is 17.8. The minimum absolute atomic E-state index is 0.0780. The molecule has 0 unspecified atom stereocenters. The molecule has 1 saturated heterocycles. The van der Waals surface area contributed by atoms with Crippen LogP contribution in [-0.4, -0.2) is 62.8 Å². The SMILES string of the molecule is CN(C)Cc1nnc([C@@H]2CCCN(C(=O)CCc3cc(=O)[nH]o3)C2)n1C. The number of aromatic amines is 1. The van der Waals surface area contributed by atoms with Crippen molar-refractivity contribution in [2.24, 2.45) is 7.05 Å². The first kappa shape index (κ1) is 18.4. The van der Waals surface area contributed by atoms with Gasteiger partial charge in [0.05, 0.1) is 6.54 Å². The monoisotopic (exact) mass is 362 g/mol. The third-order valence-corrected chi connectivity index (χ3v) is 4.76. The van der Waals surface area contributed by atoms with Crippen LogP contribution in [0.4, 0.5) is 0 Å². The van der Waals surface area contributed by atoms with Crippen LogP contribution in [-0.2, 0) is 24.8 Å². The van der Waals surface area contributed by atoms with Gasteiger partial charge in [-0.3, -0.25) is 9.59 Å². The van der Waals surface area contributed by atoms with Gasteiger partial charge < -0.3 is 18.9 Å². The molecule has 1 N–H and O–H groups in total. The van der Waals surface area contributed by atoms with Crippen LogP contribution in [0.2, 0.25) is 0 Å². The van der Waals surface area contributed by atoms with E-state index in [4.69, 9.17) is 4.52 Å². The van der Waals surface area contributed by atoms with Crippen molar-refractivity contribution in [3.8, 4) is 0 Å². The Morgan fingerprint density at radius 2 is 2.23 bits per heavy atom. The van der Waals surface area contributed by atoms with Crippen molar-refractivity contribution in [2.75, 3.05) is 27.2 Å². The molecule has 0 spiro atoms. The fourth-order valence-electron chi connectivity index (χ4n) is 3.40. The van der Waals surface area contributed by atoms with Crippen LogP contribution >= 0.6 is 0 Å². The number of piperidine rings is 1. The molecule has 142 valence electrons. The minimum Gasteiger partial charge on any atom is -0.384 e. The first-order chi connectivity index (χ1) is 12.4. The van der Waals surface area contributed by atoms with E-state index in [1.807, 2.05) is 30.6 Å². The average molecular weight is 362 g/mol. The van der Waals surface area contributed by atoms with Crippen LogP contribution in [0.3, 0.4) is 0 Å². The lowest BCUT2D eigenvalue weighted by Crippen LogP contribution is -2.39. The van der Waals surface area contributed by atoms with Gasteiger partial charge in [0.25, 0.3) is 5.56 Å². The molecule has 26 heavy (non-hydrogen) atoms. The largest absolute Gasteiger partial charge is 0.384 e. The maximum atomic E-state index is 12.5. The Hall–Kier alpha value is -2.42. The predicted octanol–water partition coefficient (Wildman–Crippen LogP) is 0.497. The number of hydrogen-bond acceptors (Lipinski definition) is 6. The molecular formula is C17H26N6O3. The molecule has 0 aliphatic carbocycles. The Kier molecular flexibility index (Phi) is 5.55. The van der Waals surface area contributed by atoms with Crippen LogP contribution in [0.5, 0.6) is 0 Å². The third-order valence-electron chi connectivity index (χ3n) is 4.76. The van der Waals surface area contributed by atoms with Crippen LogP contribution < -0.4 is 5.56 Å².